The van der Waals surface area contributed by atoms with Crippen molar-refractivity contribution >= 4 is 11.6 Å². The Kier molecular flexibility index (Phi) is 3.23. The zero-order chi connectivity index (χ0) is 18.9. The molecule has 0 saturated carbocycles. The summed E-state index contributed by atoms with van der Waals surface area (Å²) in [5.74, 6) is -1.01. The summed E-state index contributed by atoms with van der Waals surface area (Å²) in [4.78, 5) is 26.5. The molecule has 0 fully saturated rings. The molecule has 3 atom stereocenters. The highest BCUT2D eigenvalue weighted by molar-refractivity contribution is 6.18. The number of rotatable bonds is 2. The van der Waals surface area contributed by atoms with Crippen LogP contribution in [0.2, 0.25) is 0 Å². The van der Waals surface area contributed by atoms with Crippen molar-refractivity contribution in [2.45, 2.75) is 31.6 Å². The second-order valence-corrected chi connectivity index (χ2v) is 7.58. The topological polar surface area (TPSA) is 74.6 Å². The van der Waals surface area contributed by atoms with E-state index < -0.39 is 16.7 Å². The van der Waals surface area contributed by atoms with Gasteiger partial charge in [0.2, 0.25) is 0 Å². The Labute approximate surface area is 151 Å². The molecule has 2 bridgehead atoms. The number of carbonyl (C=O) groups is 2. The minimum atomic E-state index is -1.24. The van der Waals surface area contributed by atoms with Gasteiger partial charge in [-0.25, -0.2) is 0 Å². The standard InChI is InChI=1S/C22H20O4/c1-12(2)8-9-21-14-10-13(3)11-22(21,18(26)7-6-17(21)25)20-16(24)5-4-15(23)19(14)20/h4-10,14,23-24H,1,11H2,2-3H3/b9-8+/t14-,21-,22-/m0/s1. The van der Waals surface area contributed by atoms with Crippen molar-refractivity contribution in [1.29, 1.82) is 0 Å². The lowest BCUT2D eigenvalue weighted by Gasteiger charge is -2.48. The Bertz CT molecular complexity index is 978. The molecule has 1 aromatic carbocycles. The normalized spacial score (nSPS) is 31.8. The minimum absolute atomic E-state index is 0.00812. The zero-order valence-corrected chi connectivity index (χ0v) is 14.7. The molecule has 0 unspecified atom stereocenters. The SMILES string of the molecule is C=C(C)/C=C/[C@]12C(=O)C=CC(=O)[C@]13CC(C)=C[C@H]2c1c(O)ccc(O)c13. The Morgan fingerprint density at radius 3 is 2.54 bits per heavy atom. The lowest BCUT2D eigenvalue weighted by molar-refractivity contribution is -0.136. The summed E-state index contributed by atoms with van der Waals surface area (Å²) in [5, 5.41) is 21.2. The molecule has 0 spiro atoms. The average molecular weight is 348 g/mol. The van der Waals surface area contributed by atoms with E-state index in [-0.39, 0.29) is 23.1 Å². The molecule has 132 valence electrons. The van der Waals surface area contributed by atoms with E-state index in [2.05, 4.69) is 6.58 Å². The summed E-state index contributed by atoms with van der Waals surface area (Å²) in [7, 11) is 0. The zero-order valence-electron chi connectivity index (χ0n) is 14.7. The minimum Gasteiger partial charge on any atom is -0.508 e. The number of benzene rings is 1. The number of ketones is 2. The summed E-state index contributed by atoms with van der Waals surface area (Å²) >= 11 is 0. The summed E-state index contributed by atoms with van der Waals surface area (Å²) < 4.78 is 0. The van der Waals surface area contributed by atoms with Crippen molar-refractivity contribution in [3.05, 3.63) is 71.4 Å². The van der Waals surface area contributed by atoms with Gasteiger partial charge in [-0.1, -0.05) is 36.0 Å². The van der Waals surface area contributed by atoms with Gasteiger partial charge >= 0.3 is 0 Å². The molecule has 0 radical (unpaired) electrons. The lowest BCUT2D eigenvalue weighted by atomic mass is 9.50. The molecule has 3 aliphatic carbocycles. The van der Waals surface area contributed by atoms with Gasteiger partial charge in [0.25, 0.3) is 0 Å². The molecule has 1 aromatic rings. The van der Waals surface area contributed by atoms with E-state index in [0.29, 0.717) is 17.5 Å². The van der Waals surface area contributed by atoms with Crippen molar-refractivity contribution in [2.75, 3.05) is 0 Å². The first kappa shape index (κ1) is 16.6. The van der Waals surface area contributed by atoms with E-state index >= 15 is 0 Å². The van der Waals surface area contributed by atoms with Gasteiger partial charge in [0.05, 0.1) is 10.8 Å². The number of allylic oxidation sites excluding steroid dienone is 7. The largest absolute Gasteiger partial charge is 0.508 e. The van der Waals surface area contributed by atoms with E-state index in [1.807, 2.05) is 19.9 Å². The van der Waals surface area contributed by atoms with Crippen LogP contribution in [-0.2, 0) is 15.0 Å². The van der Waals surface area contributed by atoms with Crippen molar-refractivity contribution < 1.29 is 19.8 Å². The molecule has 4 nitrogen and oxygen atoms in total. The number of aromatic hydroxyl groups is 2. The maximum absolute atomic E-state index is 13.3. The van der Waals surface area contributed by atoms with Gasteiger partial charge < -0.3 is 10.2 Å². The van der Waals surface area contributed by atoms with E-state index in [1.165, 1.54) is 24.3 Å². The quantitative estimate of drug-likeness (QED) is 0.486. The molecular formula is C22H20O4. The molecule has 0 amide bonds. The van der Waals surface area contributed by atoms with E-state index in [9.17, 15) is 19.8 Å². The predicted molar refractivity (Wildman–Crippen MR) is 98.1 cm³/mol. The first-order chi connectivity index (χ1) is 12.3. The van der Waals surface area contributed by atoms with Crippen LogP contribution in [0.15, 0.2) is 60.2 Å². The third-order valence-electron chi connectivity index (χ3n) is 5.98. The summed E-state index contributed by atoms with van der Waals surface area (Å²) in [5.41, 5.74) is 0.124. The van der Waals surface area contributed by atoms with Gasteiger partial charge in [-0.3, -0.25) is 9.59 Å². The first-order valence-electron chi connectivity index (χ1n) is 8.60. The second-order valence-electron chi connectivity index (χ2n) is 7.58. The summed E-state index contributed by atoms with van der Waals surface area (Å²) in [6.07, 6.45) is 8.40. The molecular weight excluding hydrogens is 328 g/mol. The number of phenolic OH excluding ortho intramolecular Hbond substituents is 2. The Morgan fingerprint density at radius 2 is 1.85 bits per heavy atom. The smallest absolute Gasteiger partial charge is 0.168 e. The van der Waals surface area contributed by atoms with Gasteiger partial charge in [0.1, 0.15) is 11.5 Å². The average Bonchev–Trinajstić information content (AvgIpc) is 2.73. The number of carbonyl (C=O) groups excluding carboxylic acids is 2. The Morgan fingerprint density at radius 1 is 1.19 bits per heavy atom. The van der Waals surface area contributed by atoms with Gasteiger partial charge in [0.15, 0.2) is 11.6 Å². The lowest BCUT2D eigenvalue weighted by Crippen LogP contribution is -2.56. The maximum atomic E-state index is 13.3. The van der Waals surface area contributed by atoms with Crippen LogP contribution in [0, 0.1) is 5.41 Å². The van der Waals surface area contributed by atoms with E-state index in [0.717, 1.165) is 11.1 Å². The van der Waals surface area contributed by atoms with Crippen LogP contribution in [0.4, 0.5) is 0 Å². The number of phenols is 2. The van der Waals surface area contributed by atoms with Crippen LogP contribution in [0.1, 0.15) is 37.3 Å². The van der Waals surface area contributed by atoms with Crippen molar-refractivity contribution in [3.8, 4) is 11.5 Å². The molecule has 0 aromatic heterocycles. The highest BCUT2D eigenvalue weighted by Gasteiger charge is 2.71. The maximum Gasteiger partial charge on any atom is 0.168 e. The first-order valence-corrected chi connectivity index (χ1v) is 8.60. The fourth-order valence-corrected chi connectivity index (χ4v) is 5.08. The van der Waals surface area contributed by atoms with Crippen LogP contribution in [-0.4, -0.2) is 21.8 Å². The summed E-state index contributed by atoms with van der Waals surface area (Å²) in [6.45, 7) is 7.60. The molecule has 3 aliphatic rings. The van der Waals surface area contributed by atoms with Crippen LogP contribution in [0.5, 0.6) is 11.5 Å². The number of hydrogen-bond donors (Lipinski definition) is 2. The summed E-state index contributed by atoms with van der Waals surface area (Å²) in [6, 6.07) is 2.81. The molecule has 26 heavy (non-hydrogen) atoms. The Balaban J connectivity index is 2.19. The Hall–Kier alpha value is -2.88. The van der Waals surface area contributed by atoms with Crippen molar-refractivity contribution in [3.63, 3.8) is 0 Å². The van der Waals surface area contributed by atoms with E-state index in [1.54, 1.807) is 12.2 Å². The van der Waals surface area contributed by atoms with Gasteiger partial charge in [-0.15, -0.1) is 0 Å². The van der Waals surface area contributed by atoms with E-state index in [4.69, 9.17) is 0 Å². The molecule has 4 heteroatoms. The van der Waals surface area contributed by atoms with Crippen molar-refractivity contribution in [1.82, 2.24) is 0 Å². The number of hydrogen-bond acceptors (Lipinski definition) is 4. The molecule has 0 aliphatic heterocycles. The van der Waals surface area contributed by atoms with Crippen LogP contribution in [0.25, 0.3) is 0 Å². The third kappa shape index (κ3) is 1.69. The fraction of sp³-hybridized carbons (Fsp3) is 0.273. The van der Waals surface area contributed by atoms with Gasteiger partial charge in [-0.2, -0.15) is 0 Å². The van der Waals surface area contributed by atoms with Gasteiger partial charge in [-0.05, 0) is 44.6 Å². The monoisotopic (exact) mass is 348 g/mol. The number of fused-ring (bicyclic) bond motifs is 2. The predicted octanol–water partition coefficient (Wildman–Crippen LogP) is 3.61. The van der Waals surface area contributed by atoms with Crippen LogP contribution in [0.3, 0.4) is 0 Å². The third-order valence-corrected chi connectivity index (χ3v) is 5.98. The fourth-order valence-electron chi connectivity index (χ4n) is 5.08. The molecule has 0 saturated heterocycles. The molecule has 2 N–H and O–H groups in total. The van der Waals surface area contributed by atoms with Crippen LogP contribution < -0.4 is 0 Å². The van der Waals surface area contributed by atoms with Crippen LogP contribution >= 0.6 is 0 Å². The van der Waals surface area contributed by atoms with Crippen molar-refractivity contribution in [2.24, 2.45) is 5.41 Å². The highest BCUT2D eigenvalue weighted by Crippen LogP contribution is 2.70. The van der Waals surface area contributed by atoms with Gasteiger partial charge in [0, 0.05) is 17.0 Å². The molecule has 4 rings (SSSR count). The second kappa shape index (κ2) is 5.07. The molecule has 0 heterocycles. The highest BCUT2D eigenvalue weighted by atomic mass is 16.3.